The second-order valence-electron chi connectivity index (χ2n) is 6.04. The normalized spacial score (nSPS) is 15.5. The van der Waals surface area contributed by atoms with Crippen molar-refractivity contribution in [3.05, 3.63) is 101 Å². The summed E-state index contributed by atoms with van der Waals surface area (Å²) >= 11 is 1.70. The number of rotatable bonds is 5. The molecule has 0 radical (unpaired) electrons. The van der Waals surface area contributed by atoms with E-state index in [0.29, 0.717) is 12.2 Å². The fourth-order valence-corrected chi connectivity index (χ4v) is 3.79. The zero-order valence-corrected chi connectivity index (χ0v) is 15.3. The molecule has 0 unspecified atom stereocenters. The molecule has 3 aromatic carbocycles. The summed E-state index contributed by atoms with van der Waals surface area (Å²) in [7, 11) is 0. The summed E-state index contributed by atoms with van der Waals surface area (Å²) in [6.07, 6.45) is 0. The third kappa shape index (κ3) is 3.97. The van der Waals surface area contributed by atoms with Gasteiger partial charge in [0.2, 0.25) is 0 Å². The average molecular weight is 371 g/mol. The minimum absolute atomic E-state index is 0.0913. The lowest BCUT2D eigenvalue weighted by atomic mass is 10.1. The van der Waals surface area contributed by atoms with E-state index in [4.69, 9.17) is 10.00 Å². The van der Waals surface area contributed by atoms with E-state index in [1.165, 1.54) is 0 Å². The Morgan fingerprint density at radius 2 is 1.70 bits per heavy atom. The van der Waals surface area contributed by atoms with Gasteiger partial charge in [-0.05, 0) is 23.8 Å². The number of ether oxygens (including phenoxy) is 1. The van der Waals surface area contributed by atoms with E-state index in [9.17, 15) is 0 Å². The average Bonchev–Trinajstić information content (AvgIpc) is 3.24. The quantitative estimate of drug-likeness (QED) is 0.698. The van der Waals surface area contributed by atoms with Crippen molar-refractivity contribution < 1.29 is 4.74 Å². The zero-order chi connectivity index (χ0) is 18.5. The number of thioether (sulfide) groups is 1. The maximum Gasteiger partial charge on any atom is 0.126 e. The summed E-state index contributed by atoms with van der Waals surface area (Å²) < 4.78 is 5.84. The lowest BCUT2D eigenvalue weighted by Gasteiger charge is -2.11. The van der Waals surface area contributed by atoms with Gasteiger partial charge < -0.3 is 4.74 Å². The van der Waals surface area contributed by atoms with Crippen LogP contribution in [0.25, 0.3) is 0 Å². The first-order chi connectivity index (χ1) is 13.3. The highest BCUT2D eigenvalue weighted by Crippen LogP contribution is 2.34. The topological polar surface area (TPSA) is 57.4 Å². The van der Waals surface area contributed by atoms with Crippen LogP contribution in [-0.4, -0.2) is 5.04 Å². The molecule has 0 saturated carbocycles. The number of hydrogen-bond acceptors (Lipinski definition) is 5. The molecule has 1 N–H and O–H groups in total. The Morgan fingerprint density at radius 3 is 2.48 bits per heavy atom. The highest BCUT2D eigenvalue weighted by atomic mass is 32.2. The van der Waals surface area contributed by atoms with Crippen LogP contribution in [0.4, 0.5) is 0 Å². The van der Waals surface area contributed by atoms with Gasteiger partial charge in [-0.1, -0.05) is 72.4 Å². The minimum atomic E-state index is 0.0913. The molecule has 27 heavy (non-hydrogen) atoms. The number of hydrazone groups is 1. The van der Waals surface area contributed by atoms with Crippen LogP contribution in [0, 0.1) is 11.3 Å². The first-order valence-electron chi connectivity index (χ1n) is 8.59. The van der Waals surface area contributed by atoms with E-state index in [-0.39, 0.29) is 5.37 Å². The summed E-state index contributed by atoms with van der Waals surface area (Å²) in [6, 6.07) is 27.8. The van der Waals surface area contributed by atoms with Crippen molar-refractivity contribution in [3.8, 4) is 11.8 Å². The third-order valence-corrected chi connectivity index (χ3v) is 5.41. The zero-order valence-electron chi connectivity index (χ0n) is 14.5. The summed E-state index contributed by atoms with van der Waals surface area (Å²) in [5, 5.41) is 14.7. The fraction of sp³-hybridized carbons (Fsp3) is 0.0909. The van der Waals surface area contributed by atoms with E-state index >= 15 is 0 Å². The Labute approximate surface area is 162 Å². The molecule has 3 aromatic rings. The molecule has 5 heteroatoms. The molecule has 4 rings (SSSR count). The molecule has 0 spiro atoms. The first kappa shape index (κ1) is 17.2. The predicted molar refractivity (Wildman–Crippen MR) is 108 cm³/mol. The molecule has 1 aliphatic rings. The Balaban J connectivity index is 1.38. The monoisotopic (exact) mass is 371 g/mol. The van der Waals surface area contributed by atoms with Gasteiger partial charge in [0.15, 0.2) is 0 Å². The van der Waals surface area contributed by atoms with E-state index in [2.05, 4.69) is 28.7 Å². The van der Waals surface area contributed by atoms with Crippen molar-refractivity contribution in [2.75, 3.05) is 0 Å². The summed E-state index contributed by atoms with van der Waals surface area (Å²) in [4.78, 5) is 0. The van der Waals surface area contributed by atoms with Gasteiger partial charge in [-0.3, -0.25) is 5.43 Å². The lowest BCUT2D eigenvalue weighted by Crippen LogP contribution is -2.06. The SMILES string of the molecule is N#Cc1ccccc1COc1ccc([C@H]2NN=C(c3ccccc3)S2)cc1. The van der Waals surface area contributed by atoms with E-state index in [0.717, 1.165) is 27.5 Å². The molecule has 0 aromatic heterocycles. The summed E-state index contributed by atoms with van der Waals surface area (Å²) in [6.45, 7) is 0.376. The third-order valence-electron chi connectivity index (χ3n) is 4.25. The van der Waals surface area contributed by atoms with Crippen molar-refractivity contribution in [2.24, 2.45) is 5.10 Å². The molecule has 0 aliphatic carbocycles. The van der Waals surface area contributed by atoms with Gasteiger partial charge in [0.05, 0.1) is 11.6 Å². The van der Waals surface area contributed by atoms with Crippen molar-refractivity contribution in [1.29, 1.82) is 5.26 Å². The molecule has 4 nitrogen and oxygen atoms in total. The smallest absolute Gasteiger partial charge is 0.126 e. The molecule has 0 amide bonds. The van der Waals surface area contributed by atoms with Crippen LogP contribution in [0.1, 0.15) is 27.6 Å². The second-order valence-corrected chi connectivity index (χ2v) is 7.13. The van der Waals surface area contributed by atoms with Crippen molar-refractivity contribution >= 4 is 16.8 Å². The van der Waals surface area contributed by atoms with Gasteiger partial charge >= 0.3 is 0 Å². The standard InChI is InChI=1S/C22H17N3OS/c23-14-18-8-4-5-9-19(18)15-26-20-12-10-17(11-13-20)22-25-24-21(27-22)16-6-2-1-3-7-16/h1-13,22,25H,15H2/t22-/m0/s1. The second kappa shape index (κ2) is 7.98. The van der Waals surface area contributed by atoms with Gasteiger partial charge in [0.1, 0.15) is 22.8 Å². The lowest BCUT2D eigenvalue weighted by molar-refractivity contribution is 0.306. The van der Waals surface area contributed by atoms with Crippen LogP contribution in [-0.2, 0) is 6.61 Å². The molecule has 0 fully saturated rings. The number of nitriles is 1. The molecule has 0 bridgehead atoms. The van der Waals surface area contributed by atoms with Crippen molar-refractivity contribution in [2.45, 2.75) is 12.0 Å². The highest BCUT2D eigenvalue weighted by molar-refractivity contribution is 8.14. The molecule has 132 valence electrons. The van der Waals surface area contributed by atoms with Gasteiger partial charge in [-0.2, -0.15) is 10.4 Å². The van der Waals surface area contributed by atoms with Crippen LogP contribution < -0.4 is 10.2 Å². The summed E-state index contributed by atoms with van der Waals surface area (Å²) in [5.41, 5.74) is 6.98. The highest BCUT2D eigenvalue weighted by Gasteiger charge is 2.21. The van der Waals surface area contributed by atoms with Crippen molar-refractivity contribution in [3.63, 3.8) is 0 Å². The predicted octanol–water partition coefficient (Wildman–Crippen LogP) is 4.83. The van der Waals surface area contributed by atoms with Crippen LogP contribution in [0.3, 0.4) is 0 Å². The molecule has 0 saturated heterocycles. The van der Waals surface area contributed by atoms with Crippen LogP contribution in [0.2, 0.25) is 0 Å². The Kier molecular flexibility index (Phi) is 5.08. The number of hydrogen-bond donors (Lipinski definition) is 1. The van der Waals surface area contributed by atoms with Gasteiger partial charge in [0.25, 0.3) is 0 Å². The van der Waals surface area contributed by atoms with Crippen LogP contribution in [0.15, 0.2) is 84.0 Å². The maximum atomic E-state index is 9.15. The Morgan fingerprint density at radius 1 is 0.963 bits per heavy atom. The van der Waals surface area contributed by atoms with E-state index < -0.39 is 0 Å². The van der Waals surface area contributed by atoms with Gasteiger partial charge in [0, 0.05) is 11.1 Å². The molecular formula is C22H17N3OS. The molecule has 1 atom stereocenters. The number of benzene rings is 3. The maximum absolute atomic E-state index is 9.15. The molecular weight excluding hydrogens is 354 g/mol. The summed E-state index contributed by atoms with van der Waals surface area (Å²) in [5.74, 6) is 0.777. The first-order valence-corrected chi connectivity index (χ1v) is 9.47. The van der Waals surface area contributed by atoms with Crippen LogP contribution in [0.5, 0.6) is 5.75 Å². The van der Waals surface area contributed by atoms with E-state index in [1.807, 2.05) is 60.7 Å². The van der Waals surface area contributed by atoms with Crippen molar-refractivity contribution in [1.82, 2.24) is 5.43 Å². The van der Waals surface area contributed by atoms with Gasteiger partial charge in [-0.15, -0.1) is 0 Å². The van der Waals surface area contributed by atoms with Crippen LogP contribution >= 0.6 is 11.8 Å². The van der Waals surface area contributed by atoms with Gasteiger partial charge in [-0.25, -0.2) is 0 Å². The minimum Gasteiger partial charge on any atom is -0.489 e. The Hall–Kier alpha value is -3.23. The largest absolute Gasteiger partial charge is 0.489 e. The van der Waals surface area contributed by atoms with E-state index in [1.54, 1.807) is 17.8 Å². The number of nitrogens with zero attached hydrogens (tertiary/aromatic N) is 2. The molecule has 1 heterocycles. The number of nitrogens with one attached hydrogen (secondary N) is 1. The fourth-order valence-electron chi connectivity index (χ4n) is 2.79. The molecule has 1 aliphatic heterocycles. The Bertz CT molecular complexity index is 994.